The van der Waals surface area contributed by atoms with E-state index < -0.39 is 5.92 Å². The molecule has 3 N–H and O–H groups in total. The fourth-order valence-corrected chi connectivity index (χ4v) is 4.21. The molecule has 1 heterocycles. The summed E-state index contributed by atoms with van der Waals surface area (Å²) >= 11 is 0. The number of aromatic hydroxyl groups is 1. The van der Waals surface area contributed by atoms with E-state index in [2.05, 4.69) is 18.0 Å². The number of carbonyl (C=O) groups is 1. The lowest BCUT2D eigenvalue weighted by Gasteiger charge is -2.27. The number of hydrogen-bond acceptors (Lipinski definition) is 7. The number of nitrogens with zero attached hydrogens (tertiary/aromatic N) is 2. The first kappa shape index (κ1) is 25.5. The number of nitrogens with two attached hydrogens (primary N) is 1. The quantitative estimate of drug-likeness (QED) is 0.210. The maximum atomic E-state index is 12.2. The lowest BCUT2D eigenvalue weighted by Crippen LogP contribution is -2.21. The van der Waals surface area contributed by atoms with E-state index in [1.54, 1.807) is 30.3 Å². The molecule has 3 aromatic rings. The molecule has 0 aliphatic carbocycles. The first-order chi connectivity index (χ1) is 18.0. The number of nitriles is 1. The van der Waals surface area contributed by atoms with Crippen LogP contribution in [0, 0.1) is 11.3 Å². The second kappa shape index (κ2) is 11.9. The zero-order chi connectivity index (χ0) is 26.2. The molecule has 7 heteroatoms. The average Bonchev–Trinajstić information content (AvgIpc) is 2.92. The third kappa shape index (κ3) is 5.99. The van der Waals surface area contributed by atoms with Crippen molar-refractivity contribution in [2.75, 3.05) is 6.61 Å². The summed E-state index contributed by atoms with van der Waals surface area (Å²) in [6, 6.07) is 21.7. The Bertz CT molecular complexity index is 1360. The molecule has 1 atom stereocenters. The molecular formula is C30H29N3O4. The van der Waals surface area contributed by atoms with Crippen LogP contribution in [0.1, 0.15) is 65.6 Å². The smallest absolute Gasteiger partial charge is 0.338 e. The number of hydrogen-bond donors (Lipinski definition) is 2. The lowest BCUT2D eigenvalue weighted by molar-refractivity contribution is 0.0498. The van der Waals surface area contributed by atoms with Gasteiger partial charge in [0, 0.05) is 23.4 Å². The van der Waals surface area contributed by atoms with Crippen molar-refractivity contribution in [3.8, 4) is 17.6 Å². The van der Waals surface area contributed by atoms with Crippen molar-refractivity contribution in [3.05, 3.63) is 100 Å². The first-order valence-electron chi connectivity index (χ1n) is 12.3. The van der Waals surface area contributed by atoms with Crippen LogP contribution in [0.3, 0.4) is 0 Å². The Morgan fingerprint density at radius 2 is 1.89 bits per heavy atom. The molecule has 188 valence electrons. The monoisotopic (exact) mass is 495 g/mol. The minimum Gasteiger partial charge on any atom is -0.507 e. The van der Waals surface area contributed by atoms with Crippen molar-refractivity contribution in [2.45, 2.75) is 38.5 Å². The highest BCUT2D eigenvalue weighted by Crippen LogP contribution is 2.44. The van der Waals surface area contributed by atoms with Crippen LogP contribution in [0.15, 0.2) is 83.2 Å². The number of benzene rings is 3. The Morgan fingerprint density at radius 1 is 1.14 bits per heavy atom. The molecule has 4 rings (SSSR count). The zero-order valence-corrected chi connectivity index (χ0v) is 20.7. The van der Waals surface area contributed by atoms with Crippen LogP contribution < -0.4 is 10.5 Å². The van der Waals surface area contributed by atoms with E-state index in [9.17, 15) is 15.2 Å². The van der Waals surface area contributed by atoms with Crippen molar-refractivity contribution in [3.63, 3.8) is 0 Å². The summed E-state index contributed by atoms with van der Waals surface area (Å²) in [5.41, 5.74) is 9.44. The van der Waals surface area contributed by atoms with E-state index in [1.165, 1.54) is 12.3 Å². The molecule has 0 bridgehead atoms. The van der Waals surface area contributed by atoms with Crippen LogP contribution in [0.4, 0.5) is 5.69 Å². The van der Waals surface area contributed by atoms with Gasteiger partial charge in [0.1, 0.15) is 23.1 Å². The number of unbranched alkanes of at least 4 members (excludes halogenated alkanes) is 3. The third-order valence-corrected chi connectivity index (χ3v) is 6.18. The van der Waals surface area contributed by atoms with E-state index in [1.807, 2.05) is 30.3 Å². The molecule has 1 aliphatic heterocycles. The van der Waals surface area contributed by atoms with Crippen LogP contribution in [0.5, 0.6) is 11.5 Å². The van der Waals surface area contributed by atoms with E-state index in [-0.39, 0.29) is 17.6 Å². The summed E-state index contributed by atoms with van der Waals surface area (Å²) in [7, 11) is 0. The molecule has 1 aliphatic rings. The van der Waals surface area contributed by atoms with E-state index in [4.69, 9.17) is 15.2 Å². The predicted molar refractivity (Wildman–Crippen MR) is 142 cm³/mol. The normalized spacial score (nSPS) is 14.6. The van der Waals surface area contributed by atoms with Gasteiger partial charge >= 0.3 is 5.97 Å². The van der Waals surface area contributed by atoms with Gasteiger partial charge in [0.2, 0.25) is 5.88 Å². The van der Waals surface area contributed by atoms with Gasteiger partial charge in [0.05, 0.1) is 23.8 Å². The average molecular weight is 496 g/mol. The summed E-state index contributed by atoms with van der Waals surface area (Å²) in [5.74, 6) is -0.422. The molecule has 0 unspecified atom stereocenters. The fourth-order valence-electron chi connectivity index (χ4n) is 4.21. The number of rotatable bonds is 9. The van der Waals surface area contributed by atoms with Crippen molar-refractivity contribution in [2.24, 2.45) is 10.7 Å². The molecular weight excluding hydrogens is 466 g/mol. The molecule has 0 radical (unpaired) electrons. The van der Waals surface area contributed by atoms with Crippen LogP contribution in [0.25, 0.3) is 0 Å². The third-order valence-electron chi connectivity index (χ3n) is 6.18. The van der Waals surface area contributed by atoms with Gasteiger partial charge in [0.25, 0.3) is 0 Å². The van der Waals surface area contributed by atoms with Gasteiger partial charge in [-0.2, -0.15) is 5.26 Å². The minimum atomic E-state index is -0.435. The highest BCUT2D eigenvalue weighted by atomic mass is 16.5. The minimum absolute atomic E-state index is 0.0178. The van der Waals surface area contributed by atoms with Crippen molar-refractivity contribution in [1.82, 2.24) is 0 Å². The van der Waals surface area contributed by atoms with Crippen LogP contribution in [0.2, 0.25) is 0 Å². The second-order valence-electron chi connectivity index (χ2n) is 8.79. The van der Waals surface area contributed by atoms with E-state index >= 15 is 0 Å². The molecule has 0 saturated carbocycles. The number of fused-ring (bicyclic) bond motifs is 1. The highest BCUT2D eigenvalue weighted by molar-refractivity contribution is 5.90. The largest absolute Gasteiger partial charge is 0.507 e. The topological polar surface area (TPSA) is 118 Å². The van der Waals surface area contributed by atoms with Gasteiger partial charge in [-0.25, -0.2) is 4.79 Å². The van der Waals surface area contributed by atoms with Gasteiger partial charge in [-0.05, 0) is 42.3 Å². The summed E-state index contributed by atoms with van der Waals surface area (Å²) in [4.78, 5) is 16.7. The van der Waals surface area contributed by atoms with Crippen LogP contribution in [-0.2, 0) is 4.74 Å². The van der Waals surface area contributed by atoms with E-state index in [0.29, 0.717) is 40.3 Å². The van der Waals surface area contributed by atoms with Crippen LogP contribution >= 0.6 is 0 Å². The number of aliphatic imine (C=N–C) groups is 1. The molecule has 0 fully saturated rings. The van der Waals surface area contributed by atoms with E-state index in [0.717, 1.165) is 31.2 Å². The number of carbonyl (C=O) groups excluding carboxylic acids is 1. The molecule has 0 spiro atoms. The van der Waals surface area contributed by atoms with Crippen molar-refractivity contribution < 1.29 is 19.4 Å². The molecule has 0 aromatic heterocycles. The number of allylic oxidation sites excluding steroid dienone is 1. The Labute approximate surface area is 216 Å². The molecule has 0 amide bonds. The zero-order valence-electron chi connectivity index (χ0n) is 20.7. The van der Waals surface area contributed by atoms with Gasteiger partial charge in [-0.3, -0.25) is 4.99 Å². The Balaban J connectivity index is 1.53. The van der Waals surface area contributed by atoms with Crippen molar-refractivity contribution in [1.29, 1.82) is 5.26 Å². The summed E-state index contributed by atoms with van der Waals surface area (Å²) < 4.78 is 11.0. The molecule has 0 saturated heterocycles. The van der Waals surface area contributed by atoms with Gasteiger partial charge in [-0.1, -0.05) is 56.5 Å². The summed E-state index contributed by atoms with van der Waals surface area (Å²) in [5, 5.41) is 20.4. The molecule has 7 nitrogen and oxygen atoms in total. The number of phenolic OH excluding ortho intramolecular Hbond substituents is 1. The Kier molecular flexibility index (Phi) is 8.22. The van der Waals surface area contributed by atoms with Gasteiger partial charge in [-0.15, -0.1) is 0 Å². The summed E-state index contributed by atoms with van der Waals surface area (Å²) in [6.07, 6.45) is 5.71. The second-order valence-corrected chi connectivity index (χ2v) is 8.79. The number of ether oxygens (including phenoxy) is 2. The maximum Gasteiger partial charge on any atom is 0.338 e. The van der Waals surface area contributed by atoms with Gasteiger partial charge in [0.15, 0.2) is 0 Å². The van der Waals surface area contributed by atoms with Crippen molar-refractivity contribution >= 4 is 17.9 Å². The fraction of sp³-hybridized carbons (Fsp3) is 0.233. The SMILES string of the molecule is CCCCCCOC(=O)c1ccc(N=Cc2cc3c(cc2O)OC(N)=C(C#N)[C@@H]3c2ccccc2)cc1. The summed E-state index contributed by atoms with van der Waals surface area (Å²) in [6.45, 7) is 2.55. The van der Waals surface area contributed by atoms with Gasteiger partial charge < -0.3 is 20.3 Å². The Hall–Kier alpha value is -4.57. The van der Waals surface area contributed by atoms with Crippen LogP contribution in [-0.4, -0.2) is 23.9 Å². The molecule has 3 aromatic carbocycles. The maximum absolute atomic E-state index is 12.2. The number of esters is 1. The molecule has 37 heavy (non-hydrogen) atoms. The Morgan fingerprint density at radius 3 is 2.59 bits per heavy atom. The number of phenols is 1. The standard InChI is InChI=1S/C30H29N3O4/c1-2-3-4-8-15-36-30(35)21-11-13-23(14-12-21)33-19-22-16-24-27(17-26(22)34)37-29(32)25(18-31)28(24)20-9-6-5-7-10-20/h5-7,9-14,16-17,19,28,34H,2-4,8,15,32H2,1H3/t28-/m1/s1. The predicted octanol–water partition coefficient (Wildman–Crippen LogP) is 6.10. The lowest BCUT2D eigenvalue weighted by atomic mass is 9.83. The highest BCUT2D eigenvalue weighted by Gasteiger charge is 2.31. The first-order valence-corrected chi connectivity index (χ1v) is 12.3.